The molecule has 0 aliphatic carbocycles. The number of nitrogens with zero attached hydrogens (tertiary/aromatic N) is 2. The summed E-state index contributed by atoms with van der Waals surface area (Å²) >= 11 is 0. The van der Waals surface area contributed by atoms with E-state index >= 15 is 0 Å². The first-order valence-electron chi connectivity index (χ1n) is 14.5. The number of benzene rings is 3. The molecule has 0 aromatic heterocycles. The molecule has 11 heteroatoms. The van der Waals surface area contributed by atoms with Gasteiger partial charge >= 0.3 is 0 Å². The number of sulfonamides is 1. The number of anilines is 1. The number of carbonyl (C=O) groups is 2. The van der Waals surface area contributed by atoms with E-state index in [9.17, 15) is 18.0 Å². The van der Waals surface area contributed by atoms with Gasteiger partial charge in [0.15, 0.2) is 0 Å². The fourth-order valence-corrected chi connectivity index (χ4v) is 6.05. The highest BCUT2D eigenvalue weighted by Gasteiger charge is 2.35. The monoisotopic (exact) mass is 625 g/mol. The molecule has 0 fully saturated rings. The van der Waals surface area contributed by atoms with Crippen LogP contribution in [0.2, 0.25) is 0 Å². The van der Waals surface area contributed by atoms with E-state index in [-0.39, 0.29) is 34.8 Å². The minimum absolute atomic E-state index is 0.00373. The van der Waals surface area contributed by atoms with Crippen LogP contribution in [-0.2, 0) is 26.2 Å². The van der Waals surface area contributed by atoms with Crippen molar-refractivity contribution in [3.05, 3.63) is 77.9 Å². The van der Waals surface area contributed by atoms with Gasteiger partial charge in [0, 0.05) is 18.7 Å². The molecule has 0 saturated heterocycles. The summed E-state index contributed by atoms with van der Waals surface area (Å²) in [4.78, 5) is 29.3. The molecule has 2 amide bonds. The molecule has 3 aromatic rings. The smallest absolute Gasteiger partial charge is 0.264 e. The van der Waals surface area contributed by atoms with E-state index in [0.29, 0.717) is 24.3 Å². The molecule has 0 spiro atoms. The van der Waals surface area contributed by atoms with Crippen molar-refractivity contribution in [3.8, 4) is 17.2 Å². The van der Waals surface area contributed by atoms with Gasteiger partial charge in [-0.1, -0.05) is 43.7 Å². The van der Waals surface area contributed by atoms with Crippen LogP contribution in [0.25, 0.3) is 0 Å². The average molecular weight is 626 g/mol. The number of nitrogens with one attached hydrogen (secondary N) is 1. The first-order chi connectivity index (χ1) is 21.0. The first-order valence-corrected chi connectivity index (χ1v) is 16.0. The molecule has 0 saturated carbocycles. The number of methoxy groups -OCH3 is 3. The lowest BCUT2D eigenvalue weighted by molar-refractivity contribution is -0.140. The molecule has 2 atom stereocenters. The predicted octanol–water partition coefficient (Wildman–Crippen LogP) is 4.94. The van der Waals surface area contributed by atoms with Crippen molar-refractivity contribution >= 4 is 27.5 Å². The van der Waals surface area contributed by atoms with Crippen molar-refractivity contribution in [1.29, 1.82) is 0 Å². The van der Waals surface area contributed by atoms with Crippen LogP contribution in [0.15, 0.2) is 71.6 Å². The molecule has 3 rings (SSSR count). The Kier molecular flexibility index (Phi) is 12.0. The second-order valence-electron chi connectivity index (χ2n) is 10.5. The molecule has 10 nitrogen and oxygen atoms in total. The maximum absolute atomic E-state index is 14.3. The number of ether oxygens (including phenoxy) is 3. The number of hydrogen-bond donors (Lipinski definition) is 1. The molecule has 238 valence electrons. The lowest BCUT2D eigenvalue weighted by Gasteiger charge is -2.34. The quantitative estimate of drug-likeness (QED) is 0.255. The number of aryl methyl sites for hydroxylation is 1. The van der Waals surface area contributed by atoms with Gasteiger partial charge in [0.1, 0.15) is 29.8 Å². The largest absolute Gasteiger partial charge is 0.497 e. The van der Waals surface area contributed by atoms with Crippen LogP contribution in [0, 0.1) is 6.92 Å². The summed E-state index contributed by atoms with van der Waals surface area (Å²) in [6.45, 7) is 7.01. The van der Waals surface area contributed by atoms with Gasteiger partial charge in [-0.25, -0.2) is 8.42 Å². The van der Waals surface area contributed by atoms with Gasteiger partial charge in [0.2, 0.25) is 11.8 Å². The number of rotatable bonds is 15. The third-order valence-corrected chi connectivity index (χ3v) is 9.22. The van der Waals surface area contributed by atoms with E-state index in [1.807, 2.05) is 39.8 Å². The lowest BCUT2D eigenvalue weighted by atomic mass is 10.1. The zero-order chi connectivity index (χ0) is 32.4. The SMILES string of the molecule is CCC(C)NC(=O)C(CC)N(Cc1ccc(OC)cc1)C(=O)CN(c1cc(OC)ccc1OC)S(=O)(=O)c1ccc(C)cc1. The van der Waals surface area contributed by atoms with Crippen LogP contribution in [0.1, 0.15) is 44.7 Å². The average Bonchev–Trinajstić information content (AvgIpc) is 3.03. The van der Waals surface area contributed by atoms with Gasteiger partial charge in [0.25, 0.3) is 10.0 Å². The van der Waals surface area contributed by atoms with Crippen molar-refractivity contribution in [2.24, 2.45) is 0 Å². The Hall–Kier alpha value is -4.25. The molecular weight excluding hydrogens is 582 g/mol. The Labute approximate surface area is 261 Å². The Morgan fingerprint density at radius 2 is 1.45 bits per heavy atom. The highest BCUT2D eigenvalue weighted by molar-refractivity contribution is 7.92. The normalized spacial score (nSPS) is 12.5. The Morgan fingerprint density at radius 1 is 0.841 bits per heavy atom. The van der Waals surface area contributed by atoms with E-state index < -0.39 is 28.5 Å². The number of hydrogen-bond acceptors (Lipinski definition) is 7. The molecule has 3 aromatic carbocycles. The van der Waals surface area contributed by atoms with Gasteiger partial charge in [-0.05, 0) is 68.7 Å². The fraction of sp³-hybridized carbons (Fsp3) is 0.394. The van der Waals surface area contributed by atoms with Gasteiger partial charge in [-0.3, -0.25) is 13.9 Å². The third-order valence-electron chi connectivity index (χ3n) is 7.44. The molecule has 0 aliphatic rings. The van der Waals surface area contributed by atoms with Crippen LogP contribution in [-0.4, -0.2) is 65.1 Å². The zero-order valence-electron chi connectivity index (χ0n) is 26.5. The van der Waals surface area contributed by atoms with E-state index in [2.05, 4.69) is 5.32 Å². The van der Waals surface area contributed by atoms with Crippen LogP contribution < -0.4 is 23.8 Å². The molecule has 1 N–H and O–H groups in total. The van der Waals surface area contributed by atoms with Crippen molar-refractivity contribution in [2.75, 3.05) is 32.2 Å². The molecule has 44 heavy (non-hydrogen) atoms. The maximum Gasteiger partial charge on any atom is 0.264 e. The predicted molar refractivity (Wildman–Crippen MR) is 171 cm³/mol. The van der Waals surface area contributed by atoms with Crippen LogP contribution in [0.4, 0.5) is 5.69 Å². The molecular formula is C33H43N3O7S. The summed E-state index contributed by atoms with van der Waals surface area (Å²) in [5.74, 6) is 0.390. The van der Waals surface area contributed by atoms with E-state index in [0.717, 1.165) is 15.4 Å². The van der Waals surface area contributed by atoms with Gasteiger partial charge in [0.05, 0.1) is 31.9 Å². The second kappa shape index (κ2) is 15.5. The third kappa shape index (κ3) is 8.22. The summed E-state index contributed by atoms with van der Waals surface area (Å²) in [6.07, 6.45) is 1.03. The summed E-state index contributed by atoms with van der Waals surface area (Å²) in [5.41, 5.74) is 1.76. The Bertz CT molecular complexity index is 1510. The fourth-order valence-electron chi connectivity index (χ4n) is 4.63. The summed E-state index contributed by atoms with van der Waals surface area (Å²) in [5, 5.41) is 2.98. The number of carbonyl (C=O) groups excluding carboxylic acids is 2. The molecule has 0 aliphatic heterocycles. The van der Waals surface area contributed by atoms with Crippen molar-refractivity contribution < 1.29 is 32.2 Å². The Morgan fingerprint density at radius 3 is 2.00 bits per heavy atom. The standard InChI is InChI=1S/C33H43N3O7S/c1-8-24(4)34-33(38)29(9-2)35(21-25-12-14-26(41-5)15-13-25)32(37)22-36(30-20-27(42-6)16-19-31(30)43-7)44(39,40)28-17-10-23(3)11-18-28/h10-20,24,29H,8-9,21-22H2,1-7H3,(H,34,38). The van der Waals surface area contributed by atoms with Gasteiger partial charge < -0.3 is 24.4 Å². The van der Waals surface area contributed by atoms with Crippen LogP contribution >= 0.6 is 0 Å². The summed E-state index contributed by atoms with van der Waals surface area (Å²) in [7, 11) is 0.170. The maximum atomic E-state index is 14.3. The summed E-state index contributed by atoms with van der Waals surface area (Å²) < 4.78 is 45.7. The van der Waals surface area contributed by atoms with Crippen LogP contribution in [0.5, 0.6) is 17.2 Å². The van der Waals surface area contributed by atoms with E-state index in [1.165, 1.54) is 37.3 Å². The zero-order valence-corrected chi connectivity index (χ0v) is 27.3. The topological polar surface area (TPSA) is 114 Å². The molecule has 0 bridgehead atoms. The summed E-state index contributed by atoms with van der Waals surface area (Å²) in [6, 6.07) is 17.3. The lowest BCUT2D eigenvalue weighted by Crippen LogP contribution is -2.53. The van der Waals surface area contributed by atoms with Crippen LogP contribution in [0.3, 0.4) is 0 Å². The number of amides is 2. The van der Waals surface area contributed by atoms with Crippen molar-refractivity contribution in [3.63, 3.8) is 0 Å². The highest BCUT2D eigenvalue weighted by Crippen LogP contribution is 2.36. The Balaban J connectivity index is 2.14. The van der Waals surface area contributed by atoms with Gasteiger partial charge in [-0.2, -0.15) is 0 Å². The minimum atomic E-state index is -4.28. The van der Waals surface area contributed by atoms with Crippen molar-refractivity contribution in [1.82, 2.24) is 10.2 Å². The first kappa shape index (κ1) is 34.2. The van der Waals surface area contributed by atoms with Gasteiger partial charge in [-0.15, -0.1) is 0 Å². The minimum Gasteiger partial charge on any atom is -0.497 e. The molecule has 2 unspecified atom stereocenters. The molecule has 0 radical (unpaired) electrons. The highest BCUT2D eigenvalue weighted by atomic mass is 32.2. The molecule has 0 heterocycles. The van der Waals surface area contributed by atoms with E-state index in [4.69, 9.17) is 14.2 Å². The van der Waals surface area contributed by atoms with E-state index in [1.54, 1.807) is 43.5 Å². The second-order valence-corrected chi connectivity index (χ2v) is 12.3. The van der Waals surface area contributed by atoms with Crippen molar-refractivity contribution in [2.45, 2.75) is 64.1 Å².